The number of anilines is 2. The minimum Gasteiger partial charge on any atom is -0.324 e. The molecule has 1 aliphatic rings. The molecule has 1 aliphatic heterocycles. The molecule has 1 N–H and O–H groups in total. The highest BCUT2D eigenvalue weighted by Gasteiger charge is 2.26. The van der Waals surface area contributed by atoms with Crippen molar-refractivity contribution in [1.82, 2.24) is 24.6 Å². The van der Waals surface area contributed by atoms with Crippen LogP contribution in [0.15, 0.2) is 73.1 Å². The molecule has 0 radical (unpaired) electrons. The summed E-state index contributed by atoms with van der Waals surface area (Å²) in [6.45, 7) is 2.18. The molecule has 1 saturated heterocycles. The minimum absolute atomic E-state index is 0.243. The highest BCUT2D eigenvalue weighted by Crippen LogP contribution is 2.26. The predicted molar refractivity (Wildman–Crippen MR) is 142 cm³/mol. The number of piperidine rings is 1. The molecule has 1 fully saturated rings. The number of rotatable bonds is 7. The van der Waals surface area contributed by atoms with Crippen LogP contribution in [0.5, 0.6) is 0 Å². The molecule has 0 aliphatic carbocycles. The number of para-hydroxylation sites is 1. The SMILES string of the molecule is CS(=O)(=O)C1CCN(Cc2cc(Cl)cc(Nc3nccc(-c4ccnn4-c4ccccc4)n3)c2)CC1. The van der Waals surface area contributed by atoms with Crippen LogP contribution in [0.1, 0.15) is 18.4 Å². The predicted octanol–water partition coefficient (Wildman–Crippen LogP) is 4.74. The molecule has 0 bridgehead atoms. The van der Waals surface area contributed by atoms with Crippen LogP contribution in [-0.2, 0) is 16.4 Å². The van der Waals surface area contributed by atoms with Crippen LogP contribution in [0.4, 0.5) is 11.6 Å². The van der Waals surface area contributed by atoms with Gasteiger partial charge in [-0.05, 0) is 74.0 Å². The summed E-state index contributed by atoms with van der Waals surface area (Å²) < 4.78 is 25.5. The molecule has 36 heavy (non-hydrogen) atoms. The Morgan fingerprint density at radius 2 is 1.81 bits per heavy atom. The third-order valence-corrected chi connectivity index (χ3v) is 8.22. The van der Waals surface area contributed by atoms with E-state index in [0.29, 0.717) is 30.4 Å². The second-order valence-corrected chi connectivity index (χ2v) is 11.8. The zero-order chi connectivity index (χ0) is 25.1. The first kappa shape index (κ1) is 24.4. The fourth-order valence-corrected chi connectivity index (χ4v) is 5.86. The van der Waals surface area contributed by atoms with E-state index in [9.17, 15) is 8.42 Å². The molecule has 10 heteroatoms. The Labute approximate surface area is 215 Å². The second-order valence-electron chi connectivity index (χ2n) is 9.01. The van der Waals surface area contributed by atoms with Gasteiger partial charge in [0.1, 0.15) is 9.84 Å². The molecule has 0 amide bonds. The van der Waals surface area contributed by atoms with Gasteiger partial charge in [0.05, 0.1) is 28.5 Å². The van der Waals surface area contributed by atoms with E-state index in [-0.39, 0.29) is 5.25 Å². The summed E-state index contributed by atoms with van der Waals surface area (Å²) in [6.07, 6.45) is 6.11. The minimum atomic E-state index is -2.99. The highest BCUT2D eigenvalue weighted by atomic mass is 35.5. The van der Waals surface area contributed by atoms with E-state index in [2.05, 4.69) is 20.3 Å². The Morgan fingerprint density at radius 1 is 1.03 bits per heavy atom. The number of hydrogen-bond donors (Lipinski definition) is 1. The number of hydrogen-bond acceptors (Lipinski definition) is 7. The number of nitrogens with one attached hydrogen (secondary N) is 1. The lowest BCUT2D eigenvalue weighted by atomic mass is 10.1. The van der Waals surface area contributed by atoms with Gasteiger partial charge >= 0.3 is 0 Å². The molecule has 0 atom stereocenters. The number of sulfone groups is 1. The summed E-state index contributed by atoms with van der Waals surface area (Å²) in [6, 6.07) is 19.5. The maximum atomic E-state index is 11.8. The largest absolute Gasteiger partial charge is 0.324 e. The van der Waals surface area contributed by atoms with Gasteiger partial charge in [-0.25, -0.2) is 23.1 Å². The number of nitrogens with zero attached hydrogens (tertiary/aromatic N) is 5. The van der Waals surface area contributed by atoms with Crippen molar-refractivity contribution < 1.29 is 8.42 Å². The fourth-order valence-electron chi connectivity index (χ4n) is 4.53. The van der Waals surface area contributed by atoms with Crippen molar-refractivity contribution in [2.45, 2.75) is 24.6 Å². The van der Waals surface area contributed by atoms with Crippen molar-refractivity contribution in [2.24, 2.45) is 0 Å². The third kappa shape index (κ3) is 5.75. The lowest BCUT2D eigenvalue weighted by molar-refractivity contribution is 0.222. The number of halogens is 1. The van der Waals surface area contributed by atoms with Crippen molar-refractivity contribution in [3.05, 3.63) is 83.6 Å². The first-order valence-electron chi connectivity index (χ1n) is 11.8. The summed E-state index contributed by atoms with van der Waals surface area (Å²) >= 11 is 6.43. The molecule has 4 aromatic rings. The highest BCUT2D eigenvalue weighted by molar-refractivity contribution is 7.91. The zero-order valence-corrected chi connectivity index (χ0v) is 21.5. The van der Waals surface area contributed by atoms with Gasteiger partial charge in [0.25, 0.3) is 0 Å². The maximum absolute atomic E-state index is 11.8. The summed E-state index contributed by atoms with van der Waals surface area (Å²) in [7, 11) is -2.99. The van der Waals surface area contributed by atoms with Crippen LogP contribution in [0.2, 0.25) is 5.02 Å². The van der Waals surface area contributed by atoms with E-state index in [1.807, 2.05) is 65.3 Å². The summed E-state index contributed by atoms with van der Waals surface area (Å²) in [5.41, 5.74) is 4.38. The number of likely N-dealkylation sites (tertiary alicyclic amines) is 1. The van der Waals surface area contributed by atoms with Gasteiger partial charge in [-0.2, -0.15) is 5.10 Å². The molecule has 0 spiro atoms. The van der Waals surface area contributed by atoms with Crippen LogP contribution in [0.25, 0.3) is 17.1 Å². The van der Waals surface area contributed by atoms with Gasteiger partial charge in [0.2, 0.25) is 5.95 Å². The lowest BCUT2D eigenvalue weighted by Gasteiger charge is -2.31. The van der Waals surface area contributed by atoms with Crippen molar-refractivity contribution >= 4 is 33.1 Å². The number of aromatic nitrogens is 4. The molecule has 0 saturated carbocycles. The van der Waals surface area contributed by atoms with Crippen molar-refractivity contribution in [3.63, 3.8) is 0 Å². The first-order chi connectivity index (χ1) is 17.3. The van der Waals surface area contributed by atoms with E-state index in [0.717, 1.165) is 41.4 Å². The Kier molecular flexibility index (Phi) is 7.04. The summed E-state index contributed by atoms with van der Waals surface area (Å²) in [5.74, 6) is 0.454. The van der Waals surface area contributed by atoms with E-state index in [4.69, 9.17) is 16.6 Å². The Bertz CT molecular complexity index is 1450. The van der Waals surface area contributed by atoms with E-state index >= 15 is 0 Å². The van der Waals surface area contributed by atoms with Gasteiger partial charge in [0, 0.05) is 29.7 Å². The topological polar surface area (TPSA) is 93.0 Å². The molecule has 2 aromatic heterocycles. The Hall–Kier alpha value is -3.27. The molecule has 186 valence electrons. The number of benzene rings is 2. The van der Waals surface area contributed by atoms with Crippen LogP contribution < -0.4 is 5.32 Å². The van der Waals surface area contributed by atoms with Crippen LogP contribution in [-0.4, -0.2) is 57.7 Å². The van der Waals surface area contributed by atoms with Gasteiger partial charge < -0.3 is 5.32 Å². The monoisotopic (exact) mass is 522 g/mol. The van der Waals surface area contributed by atoms with E-state index in [1.54, 1.807) is 12.4 Å². The molecular weight excluding hydrogens is 496 g/mol. The average molecular weight is 523 g/mol. The van der Waals surface area contributed by atoms with Crippen molar-refractivity contribution in [2.75, 3.05) is 24.7 Å². The lowest BCUT2D eigenvalue weighted by Crippen LogP contribution is -2.38. The maximum Gasteiger partial charge on any atom is 0.227 e. The van der Waals surface area contributed by atoms with E-state index < -0.39 is 9.84 Å². The second kappa shape index (κ2) is 10.4. The summed E-state index contributed by atoms with van der Waals surface area (Å²) in [5, 5.41) is 8.10. The Balaban J connectivity index is 1.31. The zero-order valence-electron chi connectivity index (χ0n) is 19.9. The van der Waals surface area contributed by atoms with Gasteiger partial charge in [-0.3, -0.25) is 4.90 Å². The first-order valence-corrected chi connectivity index (χ1v) is 14.1. The third-order valence-electron chi connectivity index (χ3n) is 6.32. The average Bonchev–Trinajstić information content (AvgIpc) is 3.34. The summed E-state index contributed by atoms with van der Waals surface area (Å²) in [4.78, 5) is 11.4. The van der Waals surface area contributed by atoms with Crippen molar-refractivity contribution in [3.8, 4) is 17.1 Å². The molecule has 5 rings (SSSR count). The molecular formula is C26H27ClN6O2S. The van der Waals surface area contributed by atoms with Crippen molar-refractivity contribution in [1.29, 1.82) is 0 Å². The van der Waals surface area contributed by atoms with Crippen LogP contribution >= 0.6 is 11.6 Å². The van der Waals surface area contributed by atoms with Crippen LogP contribution in [0, 0.1) is 0 Å². The molecule has 3 heterocycles. The standard InChI is InChI=1S/C26H27ClN6O2S/c1-36(34,35)23-9-13-32(14-10-23)18-19-15-20(27)17-21(16-19)30-26-28-11-7-24(31-26)25-8-12-29-33(25)22-5-3-2-4-6-22/h2-8,11-12,15-17,23H,9-10,13-14,18H2,1H3,(H,28,30,31). The van der Waals surface area contributed by atoms with Gasteiger partial charge in [-0.15, -0.1) is 0 Å². The fraction of sp³-hybridized carbons (Fsp3) is 0.269. The van der Waals surface area contributed by atoms with Gasteiger partial charge in [0.15, 0.2) is 0 Å². The molecule has 2 aromatic carbocycles. The van der Waals surface area contributed by atoms with Gasteiger partial charge in [-0.1, -0.05) is 29.8 Å². The smallest absolute Gasteiger partial charge is 0.227 e. The van der Waals surface area contributed by atoms with E-state index in [1.165, 1.54) is 6.26 Å². The Morgan fingerprint density at radius 3 is 2.56 bits per heavy atom. The quantitative estimate of drug-likeness (QED) is 0.375. The molecule has 0 unspecified atom stereocenters. The van der Waals surface area contributed by atoms with Crippen LogP contribution in [0.3, 0.4) is 0 Å². The normalized spacial score (nSPS) is 15.2. The molecule has 8 nitrogen and oxygen atoms in total.